The smallest absolute Gasteiger partial charge is 0.335 e. The molecular weight excluding hydrogens is 242 g/mol. The zero-order valence-electron chi connectivity index (χ0n) is 10.9. The van der Waals surface area contributed by atoms with Gasteiger partial charge < -0.3 is 10.0 Å². The van der Waals surface area contributed by atoms with Gasteiger partial charge in [-0.15, -0.1) is 0 Å². The lowest BCUT2D eigenvalue weighted by Crippen LogP contribution is -2.32. The van der Waals surface area contributed by atoms with Crippen LogP contribution >= 0.6 is 0 Å². The van der Waals surface area contributed by atoms with Crippen LogP contribution in [0.5, 0.6) is 0 Å². The Morgan fingerprint density at radius 1 is 1.42 bits per heavy atom. The third-order valence-electron chi connectivity index (χ3n) is 2.76. The molecule has 0 spiro atoms. The monoisotopic (exact) mass is 257 g/mol. The molecule has 1 rings (SSSR count). The van der Waals surface area contributed by atoms with Gasteiger partial charge in [-0.1, -0.05) is 0 Å². The Bertz CT molecular complexity index is 553. The SMILES string of the molecule is CC(C)N(CCC#N)c1ccc(C(=O)O)cc1C#N. The maximum absolute atomic E-state index is 10.9. The molecule has 0 heterocycles. The highest BCUT2D eigenvalue weighted by atomic mass is 16.4. The van der Waals surface area contributed by atoms with E-state index < -0.39 is 5.97 Å². The van der Waals surface area contributed by atoms with Gasteiger partial charge in [0.15, 0.2) is 0 Å². The van der Waals surface area contributed by atoms with Crippen LogP contribution in [0.1, 0.15) is 36.2 Å². The number of carboxylic acids is 1. The predicted octanol–water partition coefficient (Wildman–Crippen LogP) is 2.38. The van der Waals surface area contributed by atoms with Crippen molar-refractivity contribution < 1.29 is 9.90 Å². The van der Waals surface area contributed by atoms with Crippen molar-refractivity contribution in [2.75, 3.05) is 11.4 Å². The van der Waals surface area contributed by atoms with Gasteiger partial charge in [-0.2, -0.15) is 10.5 Å². The van der Waals surface area contributed by atoms with Gasteiger partial charge in [0.25, 0.3) is 0 Å². The highest BCUT2D eigenvalue weighted by molar-refractivity contribution is 5.89. The van der Waals surface area contributed by atoms with Crippen LogP contribution < -0.4 is 4.90 Å². The second-order valence-electron chi connectivity index (χ2n) is 4.34. The molecule has 0 saturated heterocycles. The lowest BCUT2D eigenvalue weighted by Gasteiger charge is -2.29. The summed E-state index contributed by atoms with van der Waals surface area (Å²) in [5.74, 6) is -1.06. The van der Waals surface area contributed by atoms with E-state index in [1.807, 2.05) is 24.8 Å². The zero-order chi connectivity index (χ0) is 14.4. The summed E-state index contributed by atoms with van der Waals surface area (Å²) >= 11 is 0. The first kappa shape index (κ1) is 14.5. The molecule has 0 aromatic heterocycles. The quantitative estimate of drug-likeness (QED) is 0.874. The normalized spacial score (nSPS) is 9.74. The molecule has 0 unspecified atom stereocenters. The Labute approximate surface area is 112 Å². The lowest BCUT2D eigenvalue weighted by molar-refractivity contribution is 0.0697. The Hall–Kier alpha value is -2.53. The number of carbonyl (C=O) groups is 1. The van der Waals surface area contributed by atoms with Crippen molar-refractivity contribution in [2.45, 2.75) is 26.3 Å². The predicted molar refractivity (Wildman–Crippen MR) is 70.8 cm³/mol. The first-order valence-corrected chi connectivity index (χ1v) is 5.92. The summed E-state index contributed by atoms with van der Waals surface area (Å²) in [5.41, 5.74) is 1.06. The summed E-state index contributed by atoms with van der Waals surface area (Å²) in [5, 5.41) is 26.7. The molecule has 1 aromatic carbocycles. The van der Waals surface area contributed by atoms with E-state index >= 15 is 0 Å². The van der Waals surface area contributed by atoms with Crippen molar-refractivity contribution >= 4 is 11.7 Å². The molecule has 0 radical (unpaired) electrons. The molecule has 0 aliphatic carbocycles. The van der Waals surface area contributed by atoms with E-state index in [4.69, 9.17) is 15.6 Å². The minimum absolute atomic E-state index is 0.0873. The molecule has 0 fully saturated rings. The van der Waals surface area contributed by atoms with Crippen molar-refractivity contribution in [1.82, 2.24) is 0 Å². The van der Waals surface area contributed by atoms with E-state index in [1.54, 1.807) is 6.07 Å². The number of rotatable bonds is 5. The third-order valence-corrected chi connectivity index (χ3v) is 2.76. The summed E-state index contributed by atoms with van der Waals surface area (Å²) in [6.45, 7) is 4.43. The number of anilines is 1. The van der Waals surface area contributed by atoms with Crippen LogP contribution in [-0.4, -0.2) is 23.7 Å². The Balaban J connectivity index is 3.20. The molecule has 0 saturated carbocycles. The molecule has 5 heteroatoms. The maximum Gasteiger partial charge on any atom is 0.335 e. The van der Waals surface area contributed by atoms with Crippen molar-refractivity contribution in [1.29, 1.82) is 10.5 Å². The van der Waals surface area contributed by atoms with Crippen molar-refractivity contribution in [3.63, 3.8) is 0 Å². The van der Waals surface area contributed by atoms with E-state index in [2.05, 4.69) is 6.07 Å². The number of nitrogens with zero attached hydrogens (tertiary/aromatic N) is 3. The average Bonchev–Trinajstić information content (AvgIpc) is 2.38. The summed E-state index contributed by atoms with van der Waals surface area (Å²) in [6, 6.07) is 8.66. The highest BCUT2D eigenvalue weighted by Crippen LogP contribution is 2.23. The molecule has 0 aliphatic rings. The van der Waals surface area contributed by atoms with Gasteiger partial charge in [-0.25, -0.2) is 4.79 Å². The fraction of sp³-hybridized carbons (Fsp3) is 0.357. The fourth-order valence-electron chi connectivity index (χ4n) is 1.84. The zero-order valence-corrected chi connectivity index (χ0v) is 10.9. The summed E-state index contributed by atoms with van der Waals surface area (Å²) in [4.78, 5) is 12.8. The highest BCUT2D eigenvalue weighted by Gasteiger charge is 2.16. The molecule has 0 bridgehead atoms. The first-order valence-electron chi connectivity index (χ1n) is 5.92. The van der Waals surface area contributed by atoms with Gasteiger partial charge in [0.05, 0.1) is 29.3 Å². The number of hydrogen-bond donors (Lipinski definition) is 1. The van der Waals surface area contributed by atoms with Crippen LogP contribution in [0.2, 0.25) is 0 Å². The van der Waals surface area contributed by atoms with Crippen molar-refractivity contribution in [2.24, 2.45) is 0 Å². The van der Waals surface area contributed by atoms with Crippen LogP contribution in [0.15, 0.2) is 18.2 Å². The number of nitriles is 2. The molecule has 98 valence electrons. The number of benzene rings is 1. The van der Waals surface area contributed by atoms with Crippen molar-refractivity contribution in [3.8, 4) is 12.1 Å². The van der Waals surface area contributed by atoms with Gasteiger partial charge in [-0.05, 0) is 32.0 Å². The van der Waals surface area contributed by atoms with Gasteiger partial charge in [0.1, 0.15) is 6.07 Å². The standard InChI is InChI=1S/C14H15N3O2/c1-10(2)17(7-3-6-15)13-5-4-11(14(18)19)8-12(13)9-16/h4-5,8,10H,3,7H2,1-2H3,(H,18,19). The molecule has 5 nitrogen and oxygen atoms in total. The topological polar surface area (TPSA) is 88.1 Å². The summed E-state index contributed by atoms with van der Waals surface area (Å²) < 4.78 is 0. The van der Waals surface area contributed by atoms with E-state index in [0.29, 0.717) is 24.2 Å². The van der Waals surface area contributed by atoms with Crippen LogP contribution in [0.3, 0.4) is 0 Å². The number of hydrogen-bond acceptors (Lipinski definition) is 4. The molecule has 0 amide bonds. The average molecular weight is 257 g/mol. The Morgan fingerprint density at radius 2 is 2.11 bits per heavy atom. The number of aromatic carboxylic acids is 1. The molecular formula is C14H15N3O2. The molecule has 19 heavy (non-hydrogen) atoms. The van der Waals surface area contributed by atoms with Crippen LogP contribution in [0, 0.1) is 22.7 Å². The molecule has 0 atom stereocenters. The number of carboxylic acid groups (broad SMARTS) is 1. The molecule has 1 aromatic rings. The van der Waals surface area contributed by atoms with E-state index in [9.17, 15) is 4.79 Å². The first-order chi connectivity index (χ1) is 9.01. The molecule has 0 aliphatic heterocycles. The van der Waals surface area contributed by atoms with Crippen molar-refractivity contribution in [3.05, 3.63) is 29.3 Å². The largest absolute Gasteiger partial charge is 0.478 e. The van der Waals surface area contributed by atoms with E-state index in [1.165, 1.54) is 12.1 Å². The fourth-order valence-corrected chi connectivity index (χ4v) is 1.84. The molecule has 1 N–H and O–H groups in total. The Kier molecular flexibility index (Phi) is 4.91. The second-order valence-corrected chi connectivity index (χ2v) is 4.34. The Morgan fingerprint density at radius 3 is 2.58 bits per heavy atom. The minimum atomic E-state index is -1.06. The lowest BCUT2D eigenvalue weighted by atomic mass is 10.1. The second kappa shape index (κ2) is 6.42. The third kappa shape index (κ3) is 3.46. The summed E-state index contributed by atoms with van der Waals surface area (Å²) in [7, 11) is 0. The van der Waals surface area contributed by atoms with Gasteiger partial charge in [0.2, 0.25) is 0 Å². The minimum Gasteiger partial charge on any atom is -0.478 e. The van der Waals surface area contributed by atoms with Gasteiger partial charge in [-0.3, -0.25) is 0 Å². The van der Waals surface area contributed by atoms with Gasteiger partial charge in [0, 0.05) is 12.6 Å². The van der Waals surface area contributed by atoms with Crippen LogP contribution in [0.25, 0.3) is 0 Å². The van der Waals surface area contributed by atoms with E-state index in [-0.39, 0.29) is 11.6 Å². The van der Waals surface area contributed by atoms with E-state index in [0.717, 1.165) is 0 Å². The van der Waals surface area contributed by atoms with Crippen LogP contribution in [0.4, 0.5) is 5.69 Å². The maximum atomic E-state index is 10.9. The van der Waals surface area contributed by atoms with Gasteiger partial charge >= 0.3 is 5.97 Å². The van der Waals surface area contributed by atoms with Crippen LogP contribution in [-0.2, 0) is 0 Å². The summed E-state index contributed by atoms with van der Waals surface area (Å²) in [6.07, 6.45) is 0.351.